The third-order valence-corrected chi connectivity index (χ3v) is 4.00. The van der Waals surface area contributed by atoms with Gasteiger partial charge in [0.1, 0.15) is 5.82 Å². The van der Waals surface area contributed by atoms with Gasteiger partial charge in [0, 0.05) is 9.86 Å². The molecule has 0 aliphatic carbocycles. The molecule has 3 heteroatoms. The van der Waals surface area contributed by atoms with E-state index in [1.54, 1.807) is 12.1 Å². The quantitative estimate of drug-likeness (QED) is 0.718. The second-order valence-corrected chi connectivity index (χ2v) is 5.63. The molecule has 0 aliphatic heterocycles. The molecule has 100 valence electrons. The second kappa shape index (κ2) is 5.35. The number of hydrogen-bond donors (Lipinski definition) is 1. The minimum atomic E-state index is -0.270. The van der Waals surface area contributed by atoms with Crippen LogP contribution in [0.25, 0.3) is 10.8 Å². The lowest BCUT2D eigenvalue weighted by molar-refractivity contribution is 0.639. The van der Waals surface area contributed by atoms with Crippen molar-refractivity contribution in [2.75, 3.05) is 0 Å². The molecule has 2 N–H and O–H groups in total. The first-order valence-electron chi connectivity index (χ1n) is 6.35. The fraction of sp³-hybridized carbons (Fsp3) is 0.0588. The van der Waals surface area contributed by atoms with Gasteiger partial charge < -0.3 is 5.73 Å². The number of benzene rings is 3. The first-order valence-corrected chi connectivity index (χ1v) is 7.14. The summed E-state index contributed by atoms with van der Waals surface area (Å²) in [6, 6.07) is 18.3. The molecule has 0 spiro atoms. The van der Waals surface area contributed by atoms with Gasteiger partial charge in [-0.25, -0.2) is 4.39 Å². The molecule has 0 saturated carbocycles. The SMILES string of the molecule is NC(c1ccc(Br)cc1)c1ccc(F)c2ccccc12. The maximum absolute atomic E-state index is 13.8. The highest BCUT2D eigenvalue weighted by atomic mass is 79.9. The van der Waals surface area contributed by atoms with E-state index < -0.39 is 0 Å². The summed E-state index contributed by atoms with van der Waals surface area (Å²) in [7, 11) is 0. The van der Waals surface area contributed by atoms with Crippen LogP contribution in [0.15, 0.2) is 65.1 Å². The predicted molar refractivity (Wildman–Crippen MR) is 84.1 cm³/mol. The third-order valence-electron chi connectivity index (χ3n) is 3.47. The van der Waals surface area contributed by atoms with Crippen LogP contribution in [0.5, 0.6) is 0 Å². The largest absolute Gasteiger partial charge is 0.320 e. The van der Waals surface area contributed by atoms with Crippen LogP contribution in [0, 0.1) is 5.82 Å². The van der Waals surface area contributed by atoms with Crippen molar-refractivity contribution in [1.82, 2.24) is 0 Å². The molecule has 0 heterocycles. The molecule has 0 bridgehead atoms. The summed E-state index contributed by atoms with van der Waals surface area (Å²) in [4.78, 5) is 0. The molecule has 20 heavy (non-hydrogen) atoms. The van der Waals surface area contributed by atoms with Crippen LogP contribution in [0.1, 0.15) is 17.2 Å². The van der Waals surface area contributed by atoms with Crippen molar-refractivity contribution in [1.29, 1.82) is 0 Å². The average Bonchev–Trinajstić information content (AvgIpc) is 2.48. The molecular formula is C17H13BrFN. The van der Waals surface area contributed by atoms with Crippen LogP contribution in [0.2, 0.25) is 0 Å². The van der Waals surface area contributed by atoms with Gasteiger partial charge in [0.15, 0.2) is 0 Å². The van der Waals surface area contributed by atoms with E-state index in [0.717, 1.165) is 21.0 Å². The topological polar surface area (TPSA) is 26.0 Å². The molecule has 0 amide bonds. The zero-order chi connectivity index (χ0) is 14.1. The lowest BCUT2D eigenvalue weighted by Crippen LogP contribution is -2.12. The molecule has 0 radical (unpaired) electrons. The molecular weight excluding hydrogens is 317 g/mol. The highest BCUT2D eigenvalue weighted by Gasteiger charge is 2.13. The summed E-state index contributed by atoms with van der Waals surface area (Å²) in [5, 5.41) is 1.47. The molecule has 0 aliphatic rings. The average molecular weight is 330 g/mol. The van der Waals surface area contributed by atoms with Gasteiger partial charge in [0.25, 0.3) is 0 Å². The van der Waals surface area contributed by atoms with E-state index >= 15 is 0 Å². The summed E-state index contributed by atoms with van der Waals surface area (Å²) in [6.07, 6.45) is 0. The van der Waals surface area contributed by atoms with Gasteiger partial charge in [-0.2, -0.15) is 0 Å². The Hall–Kier alpha value is -1.71. The number of hydrogen-bond acceptors (Lipinski definition) is 1. The van der Waals surface area contributed by atoms with Crippen LogP contribution in [-0.4, -0.2) is 0 Å². The highest BCUT2D eigenvalue weighted by Crippen LogP contribution is 2.29. The number of fused-ring (bicyclic) bond motifs is 1. The Labute approximate surface area is 125 Å². The van der Waals surface area contributed by atoms with Gasteiger partial charge in [-0.05, 0) is 34.7 Å². The number of halogens is 2. The minimum Gasteiger partial charge on any atom is -0.320 e. The van der Waals surface area contributed by atoms with E-state index in [4.69, 9.17) is 5.73 Å². The standard InChI is InChI=1S/C17H13BrFN/c18-12-7-5-11(6-8-12)17(20)15-9-10-16(19)14-4-2-1-3-13(14)15/h1-10,17H,20H2. The maximum atomic E-state index is 13.8. The summed E-state index contributed by atoms with van der Waals surface area (Å²) in [5.41, 5.74) is 8.28. The van der Waals surface area contributed by atoms with Gasteiger partial charge in [-0.1, -0.05) is 58.4 Å². The van der Waals surface area contributed by atoms with Gasteiger partial charge in [0.2, 0.25) is 0 Å². The Balaban J connectivity index is 2.14. The van der Waals surface area contributed by atoms with Crippen LogP contribution in [0.4, 0.5) is 4.39 Å². The van der Waals surface area contributed by atoms with E-state index in [0.29, 0.717) is 5.39 Å². The zero-order valence-corrected chi connectivity index (χ0v) is 12.3. The molecule has 0 fully saturated rings. The lowest BCUT2D eigenvalue weighted by atomic mass is 9.94. The molecule has 0 aromatic heterocycles. The van der Waals surface area contributed by atoms with Crippen LogP contribution in [0.3, 0.4) is 0 Å². The van der Waals surface area contributed by atoms with Crippen LogP contribution in [-0.2, 0) is 0 Å². The van der Waals surface area contributed by atoms with Gasteiger partial charge >= 0.3 is 0 Å². The molecule has 1 unspecified atom stereocenters. The van der Waals surface area contributed by atoms with Crippen LogP contribution < -0.4 is 5.73 Å². The first-order chi connectivity index (χ1) is 9.66. The number of nitrogens with two attached hydrogens (primary N) is 1. The van der Waals surface area contributed by atoms with Crippen molar-refractivity contribution in [2.24, 2.45) is 5.73 Å². The first kappa shape index (κ1) is 13.3. The Morgan fingerprint density at radius 2 is 1.50 bits per heavy atom. The fourth-order valence-electron chi connectivity index (χ4n) is 2.41. The van der Waals surface area contributed by atoms with Gasteiger partial charge in [-0.3, -0.25) is 0 Å². The summed E-state index contributed by atoms with van der Waals surface area (Å²) < 4.78 is 14.8. The van der Waals surface area contributed by atoms with Crippen molar-refractivity contribution in [2.45, 2.75) is 6.04 Å². The van der Waals surface area contributed by atoms with Gasteiger partial charge in [-0.15, -0.1) is 0 Å². The fourth-order valence-corrected chi connectivity index (χ4v) is 2.67. The smallest absolute Gasteiger partial charge is 0.131 e. The summed E-state index contributed by atoms with van der Waals surface area (Å²) in [6.45, 7) is 0. The van der Waals surface area contributed by atoms with Crippen molar-refractivity contribution < 1.29 is 4.39 Å². The van der Waals surface area contributed by atoms with Crippen LogP contribution >= 0.6 is 15.9 Å². The van der Waals surface area contributed by atoms with E-state index in [1.807, 2.05) is 42.5 Å². The molecule has 3 rings (SSSR count). The lowest BCUT2D eigenvalue weighted by Gasteiger charge is -2.15. The van der Waals surface area contributed by atoms with E-state index in [9.17, 15) is 4.39 Å². The Morgan fingerprint density at radius 3 is 2.20 bits per heavy atom. The minimum absolute atomic E-state index is 0.215. The molecule has 1 atom stereocenters. The Bertz CT molecular complexity index is 753. The van der Waals surface area contributed by atoms with Crippen molar-refractivity contribution >= 4 is 26.7 Å². The van der Waals surface area contributed by atoms with E-state index in [-0.39, 0.29) is 11.9 Å². The normalized spacial score (nSPS) is 12.6. The molecule has 3 aromatic carbocycles. The monoisotopic (exact) mass is 329 g/mol. The summed E-state index contributed by atoms with van der Waals surface area (Å²) in [5.74, 6) is -0.215. The predicted octanol–water partition coefficient (Wildman–Crippen LogP) is 4.79. The highest BCUT2D eigenvalue weighted by molar-refractivity contribution is 9.10. The molecule has 3 aromatic rings. The summed E-state index contributed by atoms with van der Waals surface area (Å²) >= 11 is 3.41. The molecule has 0 saturated heterocycles. The van der Waals surface area contributed by atoms with E-state index in [2.05, 4.69) is 15.9 Å². The Morgan fingerprint density at radius 1 is 0.850 bits per heavy atom. The van der Waals surface area contributed by atoms with Crippen molar-refractivity contribution in [3.05, 3.63) is 82.1 Å². The third kappa shape index (κ3) is 2.35. The van der Waals surface area contributed by atoms with Crippen molar-refractivity contribution in [3.63, 3.8) is 0 Å². The zero-order valence-electron chi connectivity index (χ0n) is 10.7. The van der Waals surface area contributed by atoms with Crippen molar-refractivity contribution in [3.8, 4) is 0 Å². The Kier molecular flexibility index (Phi) is 3.55. The van der Waals surface area contributed by atoms with Gasteiger partial charge in [0.05, 0.1) is 6.04 Å². The maximum Gasteiger partial charge on any atom is 0.131 e. The second-order valence-electron chi connectivity index (χ2n) is 4.71. The number of rotatable bonds is 2. The van der Waals surface area contributed by atoms with E-state index in [1.165, 1.54) is 6.07 Å². The molecule has 1 nitrogen and oxygen atoms in total.